The average Bonchev–Trinajstić information content (AvgIpc) is 2.53. The molecule has 0 spiro atoms. The van der Waals surface area contributed by atoms with Crippen LogP contribution in [-0.4, -0.2) is 52.7 Å². The van der Waals surface area contributed by atoms with Gasteiger partial charge in [-0.05, 0) is 37.1 Å². The molecule has 0 unspecified atom stereocenters. The molecule has 0 radical (unpaired) electrons. The zero-order chi connectivity index (χ0) is 15.8. The number of morpholine rings is 1. The number of ether oxygens (including phenoxy) is 1. The second-order valence-electron chi connectivity index (χ2n) is 5.60. The van der Waals surface area contributed by atoms with E-state index in [1.54, 1.807) is 12.1 Å². The summed E-state index contributed by atoms with van der Waals surface area (Å²) >= 11 is 0. The van der Waals surface area contributed by atoms with E-state index in [0.29, 0.717) is 11.4 Å². The number of nitrogens with one attached hydrogen (secondary N) is 1. The lowest BCUT2D eigenvalue weighted by atomic mass is 10.1. The van der Waals surface area contributed by atoms with E-state index in [-0.39, 0.29) is 0 Å². The summed E-state index contributed by atoms with van der Waals surface area (Å²) in [5.41, 5.74) is 1.17. The van der Waals surface area contributed by atoms with Crippen molar-refractivity contribution in [3.05, 3.63) is 29.8 Å². The Morgan fingerprint density at radius 3 is 2.50 bits per heavy atom. The maximum absolute atomic E-state index is 12.2. The van der Waals surface area contributed by atoms with Crippen molar-refractivity contribution in [2.45, 2.75) is 31.1 Å². The van der Waals surface area contributed by atoms with E-state index in [1.807, 2.05) is 12.1 Å². The highest BCUT2D eigenvalue weighted by Gasteiger charge is 2.14. The molecular formula is C16H26N2O3S. The molecule has 0 atom stereocenters. The summed E-state index contributed by atoms with van der Waals surface area (Å²) in [6.07, 6.45) is 2.85. The van der Waals surface area contributed by atoms with Gasteiger partial charge in [-0.15, -0.1) is 0 Å². The van der Waals surface area contributed by atoms with Gasteiger partial charge in [0.05, 0.1) is 18.1 Å². The molecule has 6 heteroatoms. The minimum atomic E-state index is -3.39. The van der Waals surface area contributed by atoms with Crippen LogP contribution in [0.5, 0.6) is 0 Å². The molecule has 0 saturated carbocycles. The van der Waals surface area contributed by atoms with Gasteiger partial charge in [0.2, 0.25) is 10.0 Å². The van der Waals surface area contributed by atoms with Crippen molar-refractivity contribution in [2.75, 3.05) is 39.4 Å². The molecule has 1 heterocycles. The summed E-state index contributed by atoms with van der Waals surface area (Å²) in [5, 5.41) is 0. The summed E-state index contributed by atoms with van der Waals surface area (Å²) in [6.45, 7) is 6.90. The summed E-state index contributed by atoms with van der Waals surface area (Å²) in [6, 6.07) is 7.17. The first kappa shape index (κ1) is 17.4. The van der Waals surface area contributed by atoms with Gasteiger partial charge in [-0.2, -0.15) is 0 Å². The fraction of sp³-hybridized carbons (Fsp3) is 0.625. The Morgan fingerprint density at radius 1 is 1.18 bits per heavy atom. The molecule has 0 amide bonds. The third-order valence-corrected chi connectivity index (χ3v) is 5.30. The highest BCUT2D eigenvalue weighted by Crippen LogP contribution is 2.11. The predicted octanol–water partition coefficient (Wildman–Crippen LogP) is 1.64. The van der Waals surface area contributed by atoms with Crippen molar-refractivity contribution in [1.29, 1.82) is 0 Å². The van der Waals surface area contributed by atoms with Gasteiger partial charge in [-0.25, -0.2) is 13.1 Å². The molecule has 124 valence electrons. The molecule has 1 fully saturated rings. The minimum Gasteiger partial charge on any atom is -0.379 e. The van der Waals surface area contributed by atoms with Gasteiger partial charge in [0, 0.05) is 19.6 Å². The maximum atomic E-state index is 12.2. The summed E-state index contributed by atoms with van der Waals surface area (Å²) in [4.78, 5) is 2.65. The summed E-state index contributed by atoms with van der Waals surface area (Å²) in [7, 11) is -3.39. The second kappa shape index (κ2) is 8.62. The monoisotopic (exact) mass is 326 g/mol. The third-order valence-electron chi connectivity index (χ3n) is 3.82. The van der Waals surface area contributed by atoms with Crippen LogP contribution in [0.3, 0.4) is 0 Å². The van der Waals surface area contributed by atoms with Crippen molar-refractivity contribution < 1.29 is 13.2 Å². The van der Waals surface area contributed by atoms with E-state index < -0.39 is 10.0 Å². The van der Waals surface area contributed by atoms with E-state index in [0.717, 1.165) is 52.1 Å². The van der Waals surface area contributed by atoms with Crippen molar-refractivity contribution >= 4 is 10.0 Å². The number of sulfonamides is 1. The number of benzene rings is 1. The lowest BCUT2D eigenvalue weighted by Gasteiger charge is -2.26. The van der Waals surface area contributed by atoms with Crippen LogP contribution in [0.25, 0.3) is 0 Å². The maximum Gasteiger partial charge on any atom is 0.240 e. The predicted molar refractivity (Wildman–Crippen MR) is 87.5 cm³/mol. The number of aryl methyl sites for hydroxylation is 1. The van der Waals surface area contributed by atoms with Crippen LogP contribution >= 0.6 is 0 Å². The van der Waals surface area contributed by atoms with Gasteiger partial charge in [0.25, 0.3) is 0 Å². The average molecular weight is 326 g/mol. The Bertz CT molecular complexity index is 537. The third kappa shape index (κ3) is 5.35. The lowest BCUT2D eigenvalue weighted by Crippen LogP contribution is -2.38. The lowest BCUT2D eigenvalue weighted by molar-refractivity contribution is 0.0376. The van der Waals surface area contributed by atoms with E-state index in [1.165, 1.54) is 5.56 Å². The standard InChI is InChI=1S/C16H26N2O3S/c1-2-4-15-5-7-16(8-6-15)22(19,20)17-9-3-10-18-11-13-21-14-12-18/h5-8,17H,2-4,9-14H2,1H3. The molecule has 0 aliphatic carbocycles. The van der Waals surface area contributed by atoms with Crippen LogP contribution in [0, 0.1) is 0 Å². The Hall–Kier alpha value is -0.950. The molecule has 5 nitrogen and oxygen atoms in total. The van der Waals surface area contributed by atoms with Crippen molar-refractivity contribution in [3.63, 3.8) is 0 Å². The van der Waals surface area contributed by atoms with Crippen molar-refractivity contribution in [2.24, 2.45) is 0 Å². The Morgan fingerprint density at radius 2 is 1.86 bits per heavy atom. The highest BCUT2D eigenvalue weighted by atomic mass is 32.2. The Labute approximate surface area is 133 Å². The molecule has 1 aromatic carbocycles. The molecule has 0 bridgehead atoms. The van der Waals surface area contributed by atoms with Gasteiger partial charge in [-0.3, -0.25) is 4.90 Å². The van der Waals surface area contributed by atoms with Crippen LogP contribution in [0.1, 0.15) is 25.3 Å². The van der Waals surface area contributed by atoms with Crippen LogP contribution in [0.15, 0.2) is 29.2 Å². The number of nitrogens with zero attached hydrogens (tertiary/aromatic N) is 1. The molecule has 1 aliphatic rings. The normalized spacial score (nSPS) is 16.8. The van der Waals surface area contributed by atoms with Gasteiger partial charge >= 0.3 is 0 Å². The first-order valence-electron chi connectivity index (χ1n) is 8.00. The van der Waals surface area contributed by atoms with Crippen LogP contribution in [-0.2, 0) is 21.2 Å². The van der Waals surface area contributed by atoms with Crippen LogP contribution < -0.4 is 4.72 Å². The van der Waals surface area contributed by atoms with Gasteiger partial charge in [-0.1, -0.05) is 25.5 Å². The minimum absolute atomic E-state index is 0.346. The molecule has 22 heavy (non-hydrogen) atoms. The molecule has 1 N–H and O–H groups in total. The van der Waals surface area contributed by atoms with Crippen LogP contribution in [0.4, 0.5) is 0 Å². The molecule has 1 saturated heterocycles. The summed E-state index contributed by atoms with van der Waals surface area (Å²) < 4.78 is 32.4. The van der Waals surface area contributed by atoms with E-state index in [4.69, 9.17) is 4.74 Å². The van der Waals surface area contributed by atoms with E-state index in [2.05, 4.69) is 16.5 Å². The van der Waals surface area contributed by atoms with Crippen LogP contribution in [0.2, 0.25) is 0 Å². The van der Waals surface area contributed by atoms with Crippen molar-refractivity contribution in [1.82, 2.24) is 9.62 Å². The number of rotatable bonds is 8. The largest absolute Gasteiger partial charge is 0.379 e. The zero-order valence-corrected chi connectivity index (χ0v) is 14.1. The first-order chi connectivity index (χ1) is 10.6. The highest BCUT2D eigenvalue weighted by molar-refractivity contribution is 7.89. The van der Waals surface area contributed by atoms with Crippen molar-refractivity contribution in [3.8, 4) is 0 Å². The van der Waals surface area contributed by atoms with Gasteiger partial charge < -0.3 is 4.74 Å². The zero-order valence-electron chi connectivity index (χ0n) is 13.3. The quantitative estimate of drug-likeness (QED) is 0.738. The molecule has 2 rings (SSSR count). The SMILES string of the molecule is CCCc1ccc(S(=O)(=O)NCCCN2CCOCC2)cc1. The summed E-state index contributed by atoms with van der Waals surface area (Å²) in [5.74, 6) is 0. The molecular weight excluding hydrogens is 300 g/mol. The molecule has 0 aromatic heterocycles. The topological polar surface area (TPSA) is 58.6 Å². The smallest absolute Gasteiger partial charge is 0.240 e. The Balaban J connectivity index is 1.77. The first-order valence-corrected chi connectivity index (χ1v) is 9.49. The van der Waals surface area contributed by atoms with Gasteiger partial charge in [0.15, 0.2) is 0 Å². The van der Waals surface area contributed by atoms with E-state index in [9.17, 15) is 8.42 Å². The van der Waals surface area contributed by atoms with Gasteiger partial charge in [0.1, 0.15) is 0 Å². The Kier molecular flexibility index (Phi) is 6.82. The number of hydrogen-bond acceptors (Lipinski definition) is 4. The molecule has 1 aromatic rings. The molecule has 1 aliphatic heterocycles. The fourth-order valence-corrected chi connectivity index (χ4v) is 3.62. The van der Waals surface area contributed by atoms with E-state index >= 15 is 0 Å². The second-order valence-corrected chi connectivity index (χ2v) is 7.37. The fourth-order valence-electron chi connectivity index (χ4n) is 2.54. The number of hydrogen-bond donors (Lipinski definition) is 1.